The Morgan fingerprint density at radius 3 is 2.69 bits per heavy atom. The number of methoxy groups -OCH3 is 1. The van der Waals surface area contributed by atoms with Crippen molar-refractivity contribution >= 4 is 23.6 Å². The van der Waals surface area contributed by atoms with Crippen molar-refractivity contribution in [1.29, 1.82) is 5.26 Å². The second-order valence-corrected chi connectivity index (χ2v) is 5.08. The van der Waals surface area contributed by atoms with Gasteiger partial charge in [0, 0.05) is 17.3 Å². The number of anilines is 1. The highest BCUT2D eigenvalue weighted by atomic mass is 16.5. The van der Waals surface area contributed by atoms with Gasteiger partial charge in [-0.3, -0.25) is 4.79 Å². The number of aliphatic carboxylic acids is 1. The standard InChI is InChI=1S/C19H16N2O5/c1-25-16-7-4-6-15(10-16)21-19(24)14(11-20)9-13-5-2-3-8-17(13)26-12-18(22)23/h2-10H,12H2,1H3,(H,21,24)(H,22,23)/b14-9+. The minimum Gasteiger partial charge on any atom is -0.497 e. The molecule has 26 heavy (non-hydrogen) atoms. The topological polar surface area (TPSA) is 109 Å². The lowest BCUT2D eigenvalue weighted by Crippen LogP contribution is -2.14. The number of carbonyl (C=O) groups is 2. The predicted molar refractivity (Wildman–Crippen MR) is 94.8 cm³/mol. The van der Waals surface area contributed by atoms with Gasteiger partial charge in [0.25, 0.3) is 5.91 Å². The van der Waals surface area contributed by atoms with Crippen LogP contribution in [0.25, 0.3) is 6.08 Å². The van der Waals surface area contributed by atoms with E-state index in [-0.39, 0.29) is 11.3 Å². The summed E-state index contributed by atoms with van der Waals surface area (Å²) in [7, 11) is 1.51. The fraction of sp³-hybridized carbons (Fsp3) is 0.105. The van der Waals surface area contributed by atoms with Crippen molar-refractivity contribution in [2.24, 2.45) is 0 Å². The summed E-state index contributed by atoms with van der Waals surface area (Å²) in [6, 6.07) is 15.1. The predicted octanol–water partition coefficient (Wildman–Crippen LogP) is 2.70. The largest absolute Gasteiger partial charge is 0.497 e. The molecule has 0 radical (unpaired) electrons. The molecule has 0 aliphatic heterocycles. The molecule has 0 fully saturated rings. The lowest BCUT2D eigenvalue weighted by molar-refractivity contribution is -0.139. The highest BCUT2D eigenvalue weighted by molar-refractivity contribution is 6.09. The Morgan fingerprint density at radius 1 is 1.23 bits per heavy atom. The monoisotopic (exact) mass is 352 g/mol. The van der Waals surface area contributed by atoms with Crippen molar-refractivity contribution in [1.82, 2.24) is 0 Å². The summed E-state index contributed by atoms with van der Waals surface area (Å²) in [6.07, 6.45) is 1.34. The van der Waals surface area contributed by atoms with Crippen LogP contribution in [-0.4, -0.2) is 30.7 Å². The number of carbonyl (C=O) groups excluding carboxylic acids is 1. The Labute approximate surface area is 150 Å². The highest BCUT2D eigenvalue weighted by Gasteiger charge is 2.12. The fourth-order valence-corrected chi connectivity index (χ4v) is 2.07. The minimum atomic E-state index is -1.12. The molecule has 0 saturated carbocycles. The first-order valence-corrected chi connectivity index (χ1v) is 7.54. The number of benzene rings is 2. The van der Waals surface area contributed by atoms with Crippen LogP contribution in [0, 0.1) is 11.3 Å². The Bertz CT molecular complexity index is 883. The normalized spacial score (nSPS) is 10.5. The third-order valence-corrected chi connectivity index (χ3v) is 3.26. The highest BCUT2D eigenvalue weighted by Crippen LogP contribution is 2.22. The average Bonchev–Trinajstić information content (AvgIpc) is 2.65. The Hall–Kier alpha value is -3.79. The van der Waals surface area contributed by atoms with Crippen LogP contribution in [0.5, 0.6) is 11.5 Å². The van der Waals surface area contributed by atoms with Crippen LogP contribution >= 0.6 is 0 Å². The van der Waals surface area contributed by atoms with E-state index < -0.39 is 18.5 Å². The molecule has 0 aliphatic rings. The van der Waals surface area contributed by atoms with Gasteiger partial charge < -0.3 is 19.9 Å². The number of hydrogen-bond acceptors (Lipinski definition) is 5. The molecule has 0 heterocycles. The number of para-hydroxylation sites is 1. The van der Waals surface area contributed by atoms with E-state index in [0.717, 1.165) is 0 Å². The van der Waals surface area contributed by atoms with Gasteiger partial charge in [-0.25, -0.2) is 4.79 Å². The molecule has 0 aliphatic carbocycles. The number of nitrogens with zero attached hydrogens (tertiary/aromatic N) is 1. The van der Waals surface area contributed by atoms with E-state index in [1.54, 1.807) is 48.5 Å². The van der Waals surface area contributed by atoms with Crippen LogP contribution in [0.15, 0.2) is 54.1 Å². The van der Waals surface area contributed by atoms with Gasteiger partial charge in [-0.1, -0.05) is 24.3 Å². The molecule has 2 N–H and O–H groups in total. The van der Waals surface area contributed by atoms with E-state index in [9.17, 15) is 14.9 Å². The molecular weight excluding hydrogens is 336 g/mol. The first-order chi connectivity index (χ1) is 12.5. The molecule has 2 aromatic carbocycles. The lowest BCUT2D eigenvalue weighted by atomic mass is 10.1. The van der Waals surface area contributed by atoms with Crippen LogP contribution in [0.4, 0.5) is 5.69 Å². The van der Waals surface area contributed by atoms with Crippen LogP contribution in [0.1, 0.15) is 5.56 Å². The van der Waals surface area contributed by atoms with Crippen molar-refractivity contribution in [2.45, 2.75) is 0 Å². The smallest absolute Gasteiger partial charge is 0.341 e. The first-order valence-electron chi connectivity index (χ1n) is 7.54. The minimum absolute atomic E-state index is 0.154. The molecule has 0 unspecified atom stereocenters. The molecule has 0 aromatic heterocycles. The van der Waals surface area contributed by atoms with Crippen molar-refractivity contribution in [2.75, 3.05) is 19.0 Å². The van der Waals surface area contributed by atoms with Crippen LogP contribution in [0.3, 0.4) is 0 Å². The Balaban J connectivity index is 2.23. The van der Waals surface area contributed by atoms with Crippen LogP contribution in [-0.2, 0) is 9.59 Å². The number of ether oxygens (including phenoxy) is 2. The molecule has 1 amide bonds. The zero-order valence-corrected chi connectivity index (χ0v) is 13.9. The van der Waals surface area contributed by atoms with E-state index in [1.807, 2.05) is 6.07 Å². The number of carboxylic acid groups (broad SMARTS) is 1. The number of hydrogen-bond donors (Lipinski definition) is 2. The summed E-state index contributed by atoms with van der Waals surface area (Å²) in [6.45, 7) is -0.525. The van der Waals surface area contributed by atoms with Gasteiger partial charge >= 0.3 is 5.97 Å². The van der Waals surface area contributed by atoms with Crippen molar-refractivity contribution in [3.63, 3.8) is 0 Å². The second kappa shape index (κ2) is 8.89. The molecule has 2 aromatic rings. The third kappa shape index (κ3) is 5.11. The van der Waals surface area contributed by atoms with Crippen LogP contribution in [0.2, 0.25) is 0 Å². The summed E-state index contributed by atoms with van der Waals surface area (Å²) in [5, 5.41) is 20.6. The molecule has 2 rings (SSSR count). The van der Waals surface area contributed by atoms with E-state index in [0.29, 0.717) is 17.0 Å². The van der Waals surface area contributed by atoms with Crippen molar-refractivity contribution < 1.29 is 24.2 Å². The maximum Gasteiger partial charge on any atom is 0.341 e. The third-order valence-electron chi connectivity index (χ3n) is 3.26. The SMILES string of the molecule is COc1cccc(NC(=O)/C(C#N)=C/c2ccccc2OCC(=O)O)c1. The molecular formula is C19H16N2O5. The maximum atomic E-state index is 12.3. The summed E-state index contributed by atoms with van der Waals surface area (Å²) >= 11 is 0. The molecule has 0 atom stereocenters. The van der Waals surface area contributed by atoms with E-state index in [4.69, 9.17) is 14.6 Å². The van der Waals surface area contributed by atoms with Crippen molar-refractivity contribution in [3.05, 3.63) is 59.7 Å². The molecule has 0 bridgehead atoms. The van der Waals surface area contributed by atoms with E-state index in [2.05, 4.69) is 5.32 Å². The van der Waals surface area contributed by atoms with Gasteiger partial charge in [0.1, 0.15) is 23.1 Å². The van der Waals surface area contributed by atoms with Crippen LogP contribution < -0.4 is 14.8 Å². The first kappa shape index (κ1) is 18.5. The summed E-state index contributed by atoms with van der Waals surface area (Å²) in [5.41, 5.74) is 0.746. The van der Waals surface area contributed by atoms with Gasteiger partial charge in [-0.05, 0) is 24.3 Å². The van der Waals surface area contributed by atoms with E-state index in [1.165, 1.54) is 13.2 Å². The van der Waals surface area contributed by atoms with Gasteiger partial charge in [-0.2, -0.15) is 5.26 Å². The summed E-state index contributed by atoms with van der Waals surface area (Å²) < 4.78 is 10.3. The van der Waals surface area contributed by atoms with Gasteiger partial charge in [0.05, 0.1) is 7.11 Å². The fourth-order valence-electron chi connectivity index (χ4n) is 2.07. The number of nitrogens with one attached hydrogen (secondary N) is 1. The zero-order valence-electron chi connectivity index (χ0n) is 13.9. The molecule has 7 nitrogen and oxygen atoms in total. The molecule has 7 heteroatoms. The maximum absolute atomic E-state index is 12.3. The number of amides is 1. The summed E-state index contributed by atoms with van der Waals surface area (Å²) in [5.74, 6) is -0.900. The van der Waals surface area contributed by atoms with Gasteiger partial charge in [0.15, 0.2) is 6.61 Å². The van der Waals surface area contributed by atoms with Crippen molar-refractivity contribution in [3.8, 4) is 17.6 Å². The zero-order chi connectivity index (χ0) is 18.9. The quantitative estimate of drug-likeness (QED) is 0.586. The Kier molecular flexibility index (Phi) is 6.34. The number of nitriles is 1. The molecule has 0 saturated heterocycles. The lowest BCUT2D eigenvalue weighted by Gasteiger charge is -2.08. The second-order valence-electron chi connectivity index (χ2n) is 5.08. The van der Waals surface area contributed by atoms with Gasteiger partial charge in [-0.15, -0.1) is 0 Å². The van der Waals surface area contributed by atoms with E-state index >= 15 is 0 Å². The molecule has 132 valence electrons. The number of carboxylic acids is 1. The van der Waals surface area contributed by atoms with Gasteiger partial charge in [0.2, 0.25) is 0 Å². The number of rotatable bonds is 7. The Morgan fingerprint density at radius 2 is 2.00 bits per heavy atom. The average molecular weight is 352 g/mol. The molecule has 0 spiro atoms. The summed E-state index contributed by atoms with van der Waals surface area (Å²) in [4.78, 5) is 23.0.